The molecule has 2 aromatic rings. The van der Waals surface area contributed by atoms with E-state index in [2.05, 4.69) is 10.9 Å². The molecule has 0 radical (unpaired) electrons. The van der Waals surface area contributed by atoms with E-state index in [1.807, 2.05) is 48.6 Å². The first-order valence-electron chi connectivity index (χ1n) is 10.6. The zero-order valence-corrected chi connectivity index (χ0v) is 16.9. The summed E-state index contributed by atoms with van der Waals surface area (Å²) < 4.78 is 0. The van der Waals surface area contributed by atoms with E-state index in [1.54, 1.807) is 24.3 Å². The van der Waals surface area contributed by atoms with E-state index in [4.69, 9.17) is 0 Å². The number of anilines is 2. The maximum atomic E-state index is 13.3. The van der Waals surface area contributed by atoms with Crippen LogP contribution in [0.5, 0.6) is 0 Å². The Bertz CT molecular complexity index is 1030. The second-order valence-corrected chi connectivity index (χ2v) is 8.62. The number of imide groups is 2. The van der Waals surface area contributed by atoms with Gasteiger partial charge < -0.3 is 0 Å². The van der Waals surface area contributed by atoms with Crippen molar-refractivity contribution < 1.29 is 19.2 Å². The summed E-state index contributed by atoms with van der Waals surface area (Å²) in [6, 6.07) is 18.0. The summed E-state index contributed by atoms with van der Waals surface area (Å²) in [4.78, 5) is 53.1. The lowest BCUT2D eigenvalue weighted by Gasteiger charge is -2.44. The summed E-state index contributed by atoms with van der Waals surface area (Å²) in [6.07, 6.45) is 3.70. The minimum absolute atomic E-state index is 0.351. The van der Waals surface area contributed by atoms with Gasteiger partial charge in [-0.1, -0.05) is 48.6 Å². The van der Waals surface area contributed by atoms with E-state index in [0.29, 0.717) is 11.4 Å². The van der Waals surface area contributed by atoms with Crippen LogP contribution in [0.25, 0.3) is 0 Å². The van der Waals surface area contributed by atoms with Crippen molar-refractivity contribution in [1.82, 2.24) is 10.0 Å². The fourth-order valence-electron chi connectivity index (χ4n) is 5.73. The second-order valence-electron chi connectivity index (χ2n) is 8.62. The van der Waals surface area contributed by atoms with Gasteiger partial charge in [0.15, 0.2) is 0 Å². The van der Waals surface area contributed by atoms with Gasteiger partial charge >= 0.3 is 0 Å². The molecular weight excluding hydrogens is 408 g/mol. The maximum Gasteiger partial charge on any atom is 0.252 e. The number of hydrogen-bond donors (Lipinski definition) is 2. The zero-order valence-electron chi connectivity index (χ0n) is 16.9. The van der Waals surface area contributed by atoms with Crippen molar-refractivity contribution in [3.05, 3.63) is 72.8 Å². The molecule has 8 nitrogen and oxygen atoms in total. The molecule has 2 bridgehead atoms. The molecule has 3 fully saturated rings. The Morgan fingerprint density at radius 2 is 0.812 bits per heavy atom. The van der Waals surface area contributed by atoms with Gasteiger partial charge in [-0.15, -0.1) is 0 Å². The Balaban J connectivity index is 1.31. The second kappa shape index (κ2) is 6.78. The number of carbonyl (C=O) groups excluding carboxylic acids is 4. The van der Waals surface area contributed by atoms with Gasteiger partial charge in [-0.25, -0.2) is 0 Å². The van der Waals surface area contributed by atoms with Crippen LogP contribution in [0.15, 0.2) is 72.8 Å². The van der Waals surface area contributed by atoms with Crippen LogP contribution < -0.4 is 10.9 Å². The van der Waals surface area contributed by atoms with Crippen molar-refractivity contribution in [2.45, 2.75) is 0 Å². The Hall–Kier alpha value is -3.94. The molecule has 2 N–H and O–H groups in total. The van der Waals surface area contributed by atoms with Crippen LogP contribution >= 0.6 is 0 Å². The molecule has 3 aliphatic carbocycles. The lowest BCUT2D eigenvalue weighted by molar-refractivity contribution is -0.138. The van der Waals surface area contributed by atoms with E-state index in [1.165, 1.54) is 0 Å². The molecule has 32 heavy (non-hydrogen) atoms. The first kappa shape index (κ1) is 18.8. The lowest BCUT2D eigenvalue weighted by Crippen LogP contribution is -2.50. The Morgan fingerprint density at radius 1 is 0.500 bits per heavy atom. The van der Waals surface area contributed by atoms with E-state index < -0.39 is 35.5 Å². The highest BCUT2D eigenvalue weighted by Gasteiger charge is 2.69. The van der Waals surface area contributed by atoms with Crippen LogP contribution in [-0.4, -0.2) is 33.6 Å². The molecule has 4 atom stereocenters. The largest absolute Gasteiger partial charge is 0.289 e. The number of benzene rings is 2. The molecule has 2 saturated heterocycles. The van der Waals surface area contributed by atoms with Gasteiger partial charge in [0.2, 0.25) is 0 Å². The van der Waals surface area contributed by atoms with Gasteiger partial charge in [0.1, 0.15) is 0 Å². The van der Waals surface area contributed by atoms with Gasteiger partial charge in [-0.05, 0) is 24.3 Å². The highest BCUT2D eigenvalue weighted by molar-refractivity contribution is 6.11. The van der Waals surface area contributed by atoms with E-state index in [0.717, 1.165) is 10.0 Å². The van der Waals surface area contributed by atoms with Crippen LogP contribution in [-0.2, 0) is 19.2 Å². The van der Waals surface area contributed by atoms with Crippen LogP contribution in [0.3, 0.4) is 0 Å². The van der Waals surface area contributed by atoms with Gasteiger partial charge in [0, 0.05) is 11.8 Å². The number of allylic oxidation sites excluding steroid dienone is 2. The van der Waals surface area contributed by atoms with Crippen molar-refractivity contribution in [3.63, 3.8) is 0 Å². The minimum Gasteiger partial charge on any atom is -0.289 e. The van der Waals surface area contributed by atoms with Crippen molar-refractivity contribution >= 4 is 35.0 Å². The number of amides is 4. The standard InChI is InChI=1S/C24H20N4O4/c29-21-17-15-11-12-16(18(17)22(30)27(21)25-13-7-3-1-4-8-13)20-19(15)23(31)28(24(20)32)26-14-9-5-2-6-10-14/h1-12,15-20,25-26H/t15?,16?,17-,18+,19-,20+. The molecule has 2 heterocycles. The van der Waals surface area contributed by atoms with E-state index >= 15 is 0 Å². The molecule has 0 aromatic heterocycles. The molecule has 0 spiro atoms. The normalized spacial score (nSPS) is 32.4. The van der Waals surface area contributed by atoms with E-state index in [-0.39, 0.29) is 23.6 Å². The smallest absolute Gasteiger partial charge is 0.252 e. The summed E-state index contributed by atoms with van der Waals surface area (Å²) in [6.45, 7) is 0. The van der Waals surface area contributed by atoms with Crippen molar-refractivity contribution in [3.8, 4) is 0 Å². The highest BCUT2D eigenvalue weighted by Crippen LogP contribution is 2.57. The zero-order chi connectivity index (χ0) is 22.0. The number of para-hydroxylation sites is 2. The van der Waals surface area contributed by atoms with E-state index in [9.17, 15) is 19.2 Å². The Labute approximate surface area is 183 Å². The molecule has 8 heteroatoms. The monoisotopic (exact) mass is 428 g/mol. The molecular formula is C24H20N4O4. The third-order valence-electron chi connectivity index (χ3n) is 7.04. The fraction of sp³-hybridized carbons (Fsp3) is 0.250. The molecule has 0 unspecified atom stereocenters. The predicted octanol–water partition coefficient (Wildman–Crippen LogP) is 2.06. The molecule has 2 aromatic carbocycles. The van der Waals surface area contributed by atoms with Crippen molar-refractivity contribution in [1.29, 1.82) is 0 Å². The number of hydrazine groups is 2. The number of hydrogen-bond acceptors (Lipinski definition) is 6. The number of rotatable bonds is 4. The third kappa shape index (κ3) is 2.49. The fourth-order valence-corrected chi connectivity index (χ4v) is 5.73. The van der Waals surface area contributed by atoms with Gasteiger partial charge in [0.05, 0.1) is 35.0 Å². The summed E-state index contributed by atoms with van der Waals surface area (Å²) >= 11 is 0. The van der Waals surface area contributed by atoms with Crippen LogP contribution in [0, 0.1) is 35.5 Å². The average molecular weight is 428 g/mol. The van der Waals surface area contributed by atoms with Crippen molar-refractivity contribution in [2.75, 3.05) is 10.9 Å². The number of nitrogens with zero attached hydrogens (tertiary/aromatic N) is 2. The summed E-state index contributed by atoms with van der Waals surface area (Å²) in [5.74, 6) is -4.99. The molecule has 5 aliphatic rings. The Kier molecular flexibility index (Phi) is 3.98. The average Bonchev–Trinajstić information content (AvgIpc) is 3.24. The van der Waals surface area contributed by atoms with Crippen LogP contribution in [0.1, 0.15) is 0 Å². The SMILES string of the molecule is O=C1[C@@H]2C3C=CC([C@@H]2C(=O)N1Nc1ccccc1)[C@@H]1C(=O)N(Nc2ccccc2)C(=O)[C@H]31. The topological polar surface area (TPSA) is 98.8 Å². The van der Waals surface area contributed by atoms with Crippen LogP contribution in [0.2, 0.25) is 0 Å². The summed E-state index contributed by atoms with van der Waals surface area (Å²) in [5.41, 5.74) is 7.07. The highest BCUT2D eigenvalue weighted by atomic mass is 16.2. The van der Waals surface area contributed by atoms with Gasteiger partial charge in [-0.3, -0.25) is 30.0 Å². The lowest BCUT2D eigenvalue weighted by atomic mass is 9.54. The number of carbonyl (C=O) groups is 4. The first-order valence-corrected chi connectivity index (χ1v) is 10.6. The Morgan fingerprint density at radius 3 is 1.12 bits per heavy atom. The first-order chi connectivity index (χ1) is 15.6. The summed E-state index contributed by atoms with van der Waals surface area (Å²) in [7, 11) is 0. The van der Waals surface area contributed by atoms with Gasteiger partial charge in [-0.2, -0.15) is 10.0 Å². The maximum absolute atomic E-state index is 13.3. The third-order valence-corrected chi connectivity index (χ3v) is 7.04. The molecule has 4 amide bonds. The van der Waals surface area contributed by atoms with Crippen molar-refractivity contribution in [2.24, 2.45) is 35.5 Å². The quantitative estimate of drug-likeness (QED) is 0.571. The number of nitrogens with one attached hydrogen (secondary N) is 2. The molecule has 160 valence electrons. The van der Waals surface area contributed by atoms with Crippen LogP contribution in [0.4, 0.5) is 11.4 Å². The molecule has 7 rings (SSSR count). The minimum atomic E-state index is -0.650. The van der Waals surface area contributed by atoms with Gasteiger partial charge in [0.25, 0.3) is 23.6 Å². The predicted molar refractivity (Wildman–Crippen MR) is 114 cm³/mol. The molecule has 1 saturated carbocycles. The molecule has 2 aliphatic heterocycles. The summed E-state index contributed by atoms with van der Waals surface area (Å²) in [5, 5.41) is 2.13.